The van der Waals surface area contributed by atoms with E-state index in [0.717, 1.165) is 22.2 Å². The van der Waals surface area contributed by atoms with Gasteiger partial charge in [-0.3, -0.25) is 0 Å². The lowest BCUT2D eigenvalue weighted by atomic mass is 10.1. The summed E-state index contributed by atoms with van der Waals surface area (Å²) in [5.41, 5.74) is 4.14. The molecule has 0 spiro atoms. The summed E-state index contributed by atoms with van der Waals surface area (Å²) in [6.07, 6.45) is 3.74. The molecule has 1 N–H and O–H groups in total. The highest BCUT2D eigenvalue weighted by Gasteiger charge is 2.13. The lowest BCUT2D eigenvalue weighted by Gasteiger charge is -2.11. The largest absolute Gasteiger partial charge is 0.373 e. The fourth-order valence-corrected chi connectivity index (χ4v) is 3.66. The molecule has 0 saturated carbocycles. The third-order valence-corrected chi connectivity index (χ3v) is 4.81. The van der Waals surface area contributed by atoms with Crippen LogP contribution >= 0.6 is 11.8 Å². The third-order valence-electron chi connectivity index (χ3n) is 3.73. The summed E-state index contributed by atoms with van der Waals surface area (Å²) < 4.78 is 0. The van der Waals surface area contributed by atoms with E-state index in [1.165, 1.54) is 35.3 Å². The Hall–Kier alpha value is -1.55. The van der Waals surface area contributed by atoms with Crippen molar-refractivity contribution in [2.75, 3.05) is 12.4 Å². The van der Waals surface area contributed by atoms with Crippen molar-refractivity contribution in [3.63, 3.8) is 0 Å². The van der Waals surface area contributed by atoms with Crippen molar-refractivity contribution < 1.29 is 0 Å². The van der Waals surface area contributed by atoms with E-state index in [9.17, 15) is 0 Å². The normalized spacial score (nSPS) is 13.3. The topological polar surface area (TPSA) is 37.8 Å². The number of aryl methyl sites for hydroxylation is 3. The molecule has 104 valence electrons. The molecule has 1 aromatic carbocycles. The van der Waals surface area contributed by atoms with Gasteiger partial charge >= 0.3 is 0 Å². The second-order valence-corrected chi connectivity index (χ2v) is 6.25. The molecule has 2 aromatic rings. The van der Waals surface area contributed by atoms with Crippen LogP contribution < -0.4 is 5.32 Å². The highest BCUT2D eigenvalue weighted by molar-refractivity contribution is 7.99. The van der Waals surface area contributed by atoms with Crippen molar-refractivity contribution in [3.8, 4) is 0 Å². The molecule has 1 heterocycles. The summed E-state index contributed by atoms with van der Waals surface area (Å²) in [5, 5.41) is 4.18. The molecule has 4 heteroatoms. The zero-order valence-electron chi connectivity index (χ0n) is 12.2. The third kappa shape index (κ3) is 2.52. The monoisotopic (exact) mass is 285 g/mol. The lowest BCUT2D eigenvalue weighted by Crippen LogP contribution is -2.02. The van der Waals surface area contributed by atoms with Gasteiger partial charge in [0, 0.05) is 17.5 Å². The van der Waals surface area contributed by atoms with E-state index < -0.39 is 0 Å². The number of hydrogen-bond acceptors (Lipinski definition) is 4. The van der Waals surface area contributed by atoms with Crippen molar-refractivity contribution in [1.29, 1.82) is 0 Å². The average molecular weight is 285 g/mol. The van der Waals surface area contributed by atoms with Crippen LogP contribution in [0.4, 0.5) is 5.82 Å². The first kappa shape index (κ1) is 13.4. The van der Waals surface area contributed by atoms with Gasteiger partial charge in [-0.1, -0.05) is 17.8 Å². The molecule has 0 aliphatic heterocycles. The number of fused-ring (bicyclic) bond motifs is 1. The SMILES string of the molecule is CNc1nc(C)nc(Sc2ccc3c(c2)CCC3)c1C. The number of nitrogens with one attached hydrogen (secondary N) is 1. The van der Waals surface area contributed by atoms with Gasteiger partial charge in [-0.05, 0) is 56.4 Å². The predicted molar refractivity (Wildman–Crippen MR) is 83.6 cm³/mol. The molecule has 0 unspecified atom stereocenters. The molecule has 1 aromatic heterocycles. The molecule has 1 aliphatic rings. The Labute approximate surface area is 124 Å². The van der Waals surface area contributed by atoms with E-state index >= 15 is 0 Å². The lowest BCUT2D eigenvalue weighted by molar-refractivity contribution is 0.911. The Morgan fingerprint density at radius 3 is 2.70 bits per heavy atom. The molecular formula is C16H19N3S. The standard InChI is InChI=1S/C16H19N3S/c1-10-15(17-3)18-11(2)19-16(10)20-14-8-7-12-5-4-6-13(12)9-14/h7-9H,4-6H2,1-3H3,(H,17,18,19). The minimum absolute atomic E-state index is 0.809. The van der Waals surface area contributed by atoms with E-state index in [1.54, 1.807) is 11.8 Å². The van der Waals surface area contributed by atoms with Gasteiger partial charge in [0.2, 0.25) is 0 Å². The summed E-state index contributed by atoms with van der Waals surface area (Å²) in [4.78, 5) is 10.3. The van der Waals surface area contributed by atoms with E-state index in [0.29, 0.717) is 0 Å². The fraction of sp³-hybridized carbons (Fsp3) is 0.375. The second-order valence-electron chi connectivity index (χ2n) is 5.19. The first-order valence-electron chi connectivity index (χ1n) is 7.00. The number of aromatic nitrogens is 2. The number of hydrogen-bond donors (Lipinski definition) is 1. The maximum absolute atomic E-state index is 4.58. The van der Waals surface area contributed by atoms with Crippen LogP contribution in [0.3, 0.4) is 0 Å². The molecule has 0 saturated heterocycles. The van der Waals surface area contributed by atoms with E-state index in [1.807, 2.05) is 14.0 Å². The Bertz CT molecular complexity index is 652. The van der Waals surface area contributed by atoms with Crippen molar-refractivity contribution in [3.05, 3.63) is 40.7 Å². The Kier molecular flexibility index (Phi) is 3.66. The van der Waals surface area contributed by atoms with Crippen LogP contribution in [0.1, 0.15) is 28.9 Å². The van der Waals surface area contributed by atoms with Crippen LogP contribution in [0.15, 0.2) is 28.1 Å². The van der Waals surface area contributed by atoms with Crippen molar-refractivity contribution in [1.82, 2.24) is 9.97 Å². The summed E-state index contributed by atoms with van der Waals surface area (Å²) >= 11 is 1.73. The molecule has 0 bridgehead atoms. The zero-order chi connectivity index (χ0) is 14.1. The van der Waals surface area contributed by atoms with Gasteiger partial charge in [-0.15, -0.1) is 0 Å². The van der Waals surface area contributed by atoms with E-state index in [2.05, 4.69) is 40.4 Å². The number of rotatable bonds is 3. The van der Waals surface area contributed by atoms with Crippen LogP contribution in [0, 0.1) is 13.8 Å². The maximum atomic E-state index is 4.58. The van der Waals surface area contributed by atoms with E-state index in [4.69, 9.17) is 0 Å². The summed E-state index contributed by atoms with van der Waals surface area (Å²) in [6.45, 7) is 4.01. The van der Waals surface area contributed by atoms with Crippen molar-refractivity contribution in [2.24, 2.45) is 0 Å². The molecule has 3 nitrogen and oxygen atoms in total. The summed E-state index contributed by atoms with van der Waals surface area (Å²) in [6, 6.07) is 6.81. The molecule has 3 rings (SSSR count). The molecule has 0 radical (unpaired) electrons. The van der Waals surface area contributed by atoms with Gasteiger partial charge in [-0.2, -0.15) is 0 Å². The van der Waals surface area contributed by atoms with Crippen LogP contribution in [0.5, 0.6) is 0 Å². The fourth-order valence-electron chi connectivity index (χ4n) is 2.67. The number of benzene rings is 1. The Morgan fingerprint density at radius 1 is 1.10 bits per heavy atom. The minimum Gasteiger partial charge on any atom is -0.373 e. The quantitative estimate of drug-likeness (QED) is 0.871. The molecule has 0 atom stereocenters. The number of anilines is 1. The smallest absolute Gasteiger partial charge is 0.133 e. The van der Waals surface area contributed by atoms with Crippen molar-refractivity contribution in [2.45, 2.75) is 43.0 Å². The predicted octanol–water partition coefficient (Wildman–Crippen LogP) is 3.78. The van der Waals surface area contributed by atoms with Crippen LogP contribution in [0.25, 0.3) is 0 Å². The zero-order valence-corrected chi connectivity index (χ0v) is 13.0. The van der Waals surface area contributed by atoms with Gasteiger partial charge < -0.3 is 5.32 Å². The Morgan fingerprint density at radius 2 is 1.90 bits per heavy atom. The van der Waals surface area contributed by atoms with Crippen LogP contribution in [0.2, 0.25) is 0 Å². The van der Waals surface area contributed by atoms with Crippen molar-refractivity contribution >= 4 is 17.6 Å². The number of nitrogens with zero attached hydrogens (tertiary/aromatic N) is 2. The molecule has 20 heavy (non-hydrogen) atoms. The maximum Gasteiger partial charge on any atom is 0.133 e. The van der Waals surface area contributed by atoms with Gasteiger partial charge in [0.25, 0.3) is 0 Å². The Balaban J connectivity index is 1.93. The first-order chi connectivity index (χ1) is 9.67. The van der Waals surface area contributed by atoms with Crippen LogP contribution in [-0.2, 0) is 12.8 Å². The average Bonchev–Trinajstić information content (AvgIpc) is 2.90. The first-order valence-corrected chi connectivity index (χ1v) is 7.81. The molecular weight excluding hydrogens is 266 g/mol. The van der Waals surface area contributed by atoms with Crippen LogP contribution in [-0.4, -0.2) is 17.0 Å². The summed E-state index contributed by atoms with van der Waals surface area (Å²) in [5.74, 6) is 1.73. The molecule has 1 aliphatic carbocycles. The molecule has 0 fully saturated rings. The van der Waals surface area contributed by atoms with E-state index in [-0.39, 0.29) is 0 Å². The highest BCUT2D eigenvalue weighted by atomic mass is 32.2. The summed E-state index contributed by atoms with van der Waals surface area (Å²) in [7, 11) is 1.90. The highest BCUT2D eigenvalue weighted by Crippen LogP contribution is 2.34. The van der Waals surface area contributed by atoms with Gasteiger partial charge in [0.1, 0.15) is 16.7 Å². The molecule has 0 amide bonds. The van der Waals surface area contributed by atoms with Gasteiger partial charge in [0.05, 0.1) is 0 Å². The van der Waals surface area contributed by atoms with Gasteiger partial charge in [-0.25, -0.2) is 9.97 Å². The minimum atomic E-state index is 0.809. The van der Waals surface area contributed by atoms with Gasteiger partial charge in [0.15, 0.2) is 0 Å². The second kappa shape index (κ2) is 5.44.